The lowest BCUT2D eigenvalue weighted by atomic mass is 10.0. The van der Waals surface area contributed by atoms with Crippen LogP contribution in [0, 0.1) is 0 Å². The van der Waals surface area contributed by atoms with E-state index in [1.165, 1.54) is 0 Å². The Morgan fingerprint density at radius 3 is 2.45 bits per heavy atom. The molecule has 3 amide bonds. The van der Waals surface area contributed by atoms with Crippen LogP contribution in [0.25, 0.3) is 10.9 Å². The van der Waals surface area contributed by atoms with E-state index in [1.807, 2.05) is 49.4 Å². The van der Waals surface area contributed by atoms with Crippen LogP contribution in [0.1, 0.15) is 26.2 Å². The van der Waals surface area contributed by atoms with Crippen LogP contribution in [0.4, 0.5) is 21.9 Å². The van der Waals surface area contributed by atoms with Gasteiger partial charge in [-0.1, -0.05) is 13.0 Å². The quantitative estimate of drug-likeness (QED) is 0.220. The molecule has 0 saturated carbocycles. The first-order chi connectivity index (χ1) is 20.4. The summed E-state index contributed by atoms with van der Waals surface area (Å²) in [5.41, 5.74) is 3.01. The average molecular weight is 570 g/mol. The number of piperidine rings is 1. The molecule has 10 nitrogen and oxygen atoms in total. The Hall–Kier alpha value is -4.99. The van der Waals surface area contributed by atoms with Crippen LogP contribution in [0.3, 0.4) is 0 Å². The molecular formula is C32H35N5O5. The molecule has 1 atom stereocenters. The highest BCUT2D eigenvalue weighted by Gasteiger charge is 2.21. The van der Waals surface area contributed by atoms with E-state index in [1.54, 1.807) is 44.7 Å². The number of fused-ring (bicyclic) bond motifs is 1. The fourth-order valence-corrected chi connectivity index (χ4v) is 5.01. The van der Waals surface area contributed by atoms with Crippen LogP contribution in [0.15, 0.2) is 72.9 Å². The van der Waals surface area contributed by atoms with E-state index in [9.17, 15) is 9.59 Å². The molecule has 3 N–H and O–H groups in total. The Morgan fingerprint density at radius 2 is 1.69 bits per heavy atom. The Balaban J connectivity index is 1.21. The lowest BCUT2D eigenvalue weighted by Gasteiger charge is -2.34. The first-order valence-corrected chi connectivity index (χ1v) is 14.0. The lowest BCUT2D eigenvalue weighted by Crippen LogP contribution is -2.47. The second-order valence-electron chi connectivity index (χ2n) is 10.00. The van der Waals surface area contributed by atoms with Crippen LogP contribution >= 0.6 is 0 Å². The van der Waals surface area contributed by atoms with Crippen LogP contribution in [-0.2, 0) is 4.79 Å². The van der Waals surface area contributed by atoms with Gasteiger partial charge in [0.25, 0.3) is 0 Å². The molecular weight excluding hydrogens is 534 g/mol. The van der Waals surface area contributed by atoms with Gasteiger partial charge in [-0.3, -0.25) is 9.78 Å². The molecule has 1 unspecified atom stereocenters. The van der Waals surface area contributed by atoms with Crippen molar-refractivity contribution in [3.05, 3.63) is 72.9 Å². The van der Waals surface area contributed by atoms with Crippen molar-refractivity contribution >= 4 is 39.9 Å². The van der Waals surface area contributed by atoms with Crippen molar-refractivity contribution in [2.75, 3.05) is 42.8 Å². The Bertz CT molecular complexity index is 1560. The Labute approximate surface area is 245 Å². The fraction of sp³-hybridized carbons (Fsp3) is 0.281. The maximum atomic E-state index is 12.8. The summed E-state index contributed by atoms with van der Waals surface area (Å²) in [4.78, 5) is 31.2. The van der Waals surface area contributed by atoms with E-state index in [0.29, 0.717) is 46.3 Å². The van der Waals surface area contributed by atoms with E-state index >= 15 is 0 Å². The molecule has 1 aliphatic heterocycles. The molecule has 218 valence electrons. The maximum absolute atomic E-state index is 12.8. The van der Waals surface area contributed by atoms with E-state index < -0.39 is 0 Å². The zero-order valence-electron chi connectivity index (χ0n) is 24.0. The third-order valence-electron chi connectivity index (χ3n) is 7.12. The molecule has 5 rings (SSSR count). The summed E-state index contributed by atoms with van der Waals surface area (Å²) in [6.07, 6.45) is 4.15. The summed E-state index contributed by atoms with van der Waals surface area (Å²) in [5, 5.41) is 9.60. The van der Waals surface area contributed by atoms with Crippen LogP contribution < -0.4 is 35.1 Å². The van der Waals surface area contributed by atoms with Gasteiger partial charge in [0.1, 0.15) is 11.5 Å². The lowest BCUT2D eigenvalue weighted by molar-refractivity contribution is -0.121. The monoisotopic (exact) mass is 569 g/mol. The van der Waals surface area contributed by atoms with Crippen molar-refractivity contribution in [2.24, 2.45) is 0 Å². The highest BCUT2D eigenvalue weighted by atomic mass is 16.5. The van der Waals surface area contributed by atoms with Crippen LogP contribution in [-0.4, -0.2) is 50.3 Å². The first kappa shape index (κ1) is 28.5. The van der Waals surface area contributed by atoms with Gasteiger partial charge in [-0.25, -0.2) is 4.79 Å². The number of carbonyl (C=O) groups excluding carboxylic acids is 2. The minimum Gasteiger partial charge on any atom is -0.493 e. The molecule has 0 bridgehead atoms. The number of methoxy groups -OCH3 is 2. The number of amides is 3. The number of rotatable bonds is 9. The second kappa shape index (κ2) is 13.1. The molecule has 0 spiro atoms. The van der Waals surface area contributed by atoms with Crippen LogP contribution in [0.5, 0.6) is 23.0 Å². The van der Waals surface area contributed by atoms with Gasteiger partial charge in [0, 0.05) is 66.3 Å². The van der Waals surface area contributed by atoms with Gasteiger partial charge in [0.05, 0.1) is 19.7 Å². The normalized spacial score (nSPS) is 14.6. The zero-order valence-corrected chi connectivity index (χ0v) is 24.0. The number of nitrogens with one attached hydrogen (secondary N) is 3. The summed E-state index contributed by atoms with van der Waals surface area (Å²) in [6.45, 7) is 3.57. The number of urea groups is 1. The Morgan fingerprint density at radius 1 is 0.929 bits per heavy atom. The molecule has 0 radical (unpaired) electrons. The van der Waals surface area contributed by atoms with Gasteiger partial charge >= 0.3 is 6.03 Å². The zero-order chi connectivity index (χ0) is 29.5. The fourth-order valence-electron chi connectivity index (χ4n) is 5.01. The summed E-state index contributed by atoms with van der Waals surface area (Å²) in [7, 11) is 3.16. The van der Waals surface area contributed by atoms with Gasteiger partial charge in [-0.15, -0.1) is 0 Å². The topological polar surface area (TPSA) is 114 Å². The predicted molar refractivity (Wildman–Crippen MR) is 164 cm³/mol. The first-order valence-electron chi connectivity index (χ1n) is 14.0. The number of carbonyl (C=O) groups is 2. The van der Waals surface area contributed by atoms with Gasteiger partial charge in [0.2, 0.25) is 5.91 Å². The Kier molecular flexibility index (Phi) is 8.91. The van der Waals surface area contributed by atoms with Gasteiger partial charge < -0.3 is 35.1 Å². The van der Waals surface area contributed by atoms with Gasteiger partial charge in [0.15, 0.2) is 11.5 Å². The molecule has 1 saturated heterocycles. The number of pyridine rings is 1. The number of ether oxygens (including phenoxy) is 3. The van der Waals surface area contributed by atoms with Crippen molar-refractivity contribution in [1.82, 2.24) is 10.3 Å². The molecule has 2 heterocycles. The van der Waals surface area contributed by atoms with Crippen LogP contribution in [0.2, 0.25) is 0 Å². The predicted octanol–water partition coefficient (Wildman–Crippen LogP) is 6.18. The van der Waals surface area contributed by atoms with Crippen molar-refractivity contribution in [3.63, 3.8) is 0 Å². The molecule has 1 aliphatic rings. The number of aromatic nitrogens is 1. The summed E-state index contributed by atoms with van der Waals surface area (Å²) < 4.78 is 17.0. The second-order valence-corrected chi connectivity index (χ2v) is 10.00. The highest BCUT2D eigenvalue weighted by Crippen LogP contribution is 2.37. The minimum absolute atomic E-state index is 0.0806. The standard InChI is InChI=1S/C32H35N5O5/c1-4-31(38)34-23-8-6-16-37(20-23)24-12-10-21(11-13-24)35-32(39)36-22-7-5-9-25(17-22)42-28-14-15-33-27-19-30(41-3)29(40-2)18-26(27)28/h5,7,9-15,17-19,23H,4,6,8,16,20H2,1-3H3,(H,34,38)(H2,35,36,39). The highest BCUT2D eigenvalue weighted by molar-refractivity contribution is 6.00. The van der Waals surface area contributed by atoms with Gasteiger partial charge in [-0.2, -0.15) is 0 Å². The molecule has 1 aromatic heterocycles. The van der Waals surface area contributed by atoms with E-state index in [2.05, 4.69) is 25.8 Å². The van der Waals surface area contributed by atoms with E-state index in [0.717, 1.165) is 37.0 Å². The number of hydrogen-bond donors (Lipinski definition) is 3. The van der Waals surface area contributed by atoms with Crippen molar-refractivity contribution < 1.29 is 23.8 Å². The molecule has 1 fully saturated rings. The number of benzene rings is 3. The maximum Gasteiger partial charge on any atom is 0.323 e. The van der Waals surface area contributed by atoms with Gasteiger partial charge in [-0.05, 0) is 61.4 Å². The summed E-state index contributed by atoms with van der Waals surface area (Å²) >= 11 is 0. The average Bonchev–Trinajstić information content (AvgIpc) is 3.01. The van der Waals surface area contributed by atoms with E-state index in [-0.39, 0.29) is 18.0 Å². The number of nitrogens with zero attached hydrogens (tertiary/aromatic N) is 2. The molecule has 42 heavy (non-hydrogen) atoms. The van der Waals surface area contributed by atoms with Crippen molar-refractivity contribution in [1.29, 1.82) is 0 Å². The van der Waals surface area contributed by atoms with Crippen molar-refractivity contribution in [3.8, 4) is 23.0 Å². The third kappa shape index (κ3) is 6.83. The number of anilines is 3. The number of hydrogen-bond acceptors (Lipinski definition) is 7. The largest absolute Gasteiger partial charge is 0.493 e. The van der Waals surface area contributed by atoms with Crippen molar-refractivity contribution in [2.45, 2.75) is 32.2 Å². The smallest absolute Gasteiger partial charge is 0.323 e. The molecule has 3 aromatic carbocycles. The SMILES string of the molecule is CCC(=O)NC1CCCN(c2ccc(NC(=O)Nc3cccc(Oc4ccnc5cc(OC)c(OC)cc45)c3)cc2)C1. The molecule has 4 aromatic rings. The summed E-state index contributed by atoms with van der Waals surface area (Å²) in [6, 6.07) is 20.1. The minimum atomic E-state index is -0.369. The summed E-state index contributed by atoms with van der Waals surface area (Å²) in [5.74, 6) is 2.38. The molecule has 0 aliphatic carbocycles. The molecule has 10 heteroatoms. The third-order valence-corrected chi connectivity index (χ3v) is 7.12. The van der Waals surface area contributed by atoms with E-state index in [4.69, 9.17) is 14.2 Å².